The molecule has 0 saturated carbocycles. The summed E-state index contributed by atoms with van der Waals surface area (Å²) in [5.74, 6) is -0.678. The first-order chi connectivity index (χ1) is 9.09. The molecule has 1 aliphatic heterocycles. The van der Waals surface area contributed by atoms with E-state index in [4.69, 9.17) is 11.5 Å². The topological polar surface area (TPSA) is 110 Å². The van der Waals surface area contributed by atoms with Crippen LogP contribution in [-0.4, -0.2) is 24.9 Å². The molecule has 6 nitrogen and oxygen atoms in total. The molecule has 1 heterocycles. The van der Waals surface area contributed by atoms with Crippen molar-refractivity contribution in [3.05, 3.63) is 23.8 Å². The second-order valence-corrected chi connectivity index (χ2v) is 4.64. The monoisotopic (exact) mass is 262 g/mol. The number of rotatable bonds is 3. The molecule has 2 amide bonds. The molecule has 1 fully saturated rings. The Hall–Kier alpha value is -2.08. The van der Waals surface area contributed by atoms with Crippen LogP contribution in [-0.2, 0) is 4.79 Å². The number of hydrogen-bond acceptors (Lipinski definition) is 4. The van der Waals surface area contributed by atoms with E-state index in [0.717, 1.165) is 25.9 Å². The number of piperidine rings is 1. The lowest BCUT2D eigenvalue weighted by atomic mass is 9.97. The van der Waals surface area contributed by atoms with E-state index < -0.39 is 5.91 Å². The molecule has 2 rings (SSSR count). The van der Waals surface area contributed by atoms with Gasteiger partial charge in [-0.2, -0.15) is 0 Å². The van der Waals surface area contributed by atoms with Gasteiger partial charge in [-0.25, -0.2) is 0 Å². The summed E-state index contributed by atoms with van der Waals surface area (Å²) < 4.78 is 0. The van der Waals surface area contributed by atoms with Gasteiger partial charge in [0, 0.05) is 5.92 Å². The van der Waals surface area contributed by atoms with E-state index >= 15 is 0 Å². The zero-order chi connectivity index (χ0) is 13.8. The summed E-state index contributed by atoms with van der Waals surface area (Å²) in [7, 11) is 0. The molecule has 19 heavy (non-hydrogen) atoms. The van der Waals surface area contributed by atoms with E-state index in [1.165, 1.54) is 6.07 Å². The summed E-state index contributed by atoms with van der Waals surface area (Å²) in [6.07, 6.45) is 1.61. The molecule has 1 aliphatic rings. The molecule has 6 heteroatoms. The van der Waals surface area contributed by atoms with Gasteiger partial charge in [0.2, 0.25) is 5.91 Å². The molecule has 1 saturated heterocycles. The average Bonchev–Trinajstić information content (AvgIpc) is 2.41. The van der Waals surface area contributed by atoms with E-state index in [1.807, 2.05) is 0 Å². The number of hydrogen-bond donors (Lipinski definition) is 4. The number of nitrogens with one attached hydrogen (secondary N) is 2. The van der Waals surface area contributed by atoms with Gasteiger partial charge >= 0.3 is 0 Å². The van der Waals surface area contributed by atoms with Crippen molar-refractivity contribution in [2.24, 2.45) is 11.7 Å². The molecule has 1 aromatic rings. The van der Waals surface area contributed by atoms with Gasteiger partial charge in [0.25, 0.3) is 5.91 Å². The van der Waals surface area contributed by atoms with Crippen LogP contribution in [0.15, 0.2) is 18.2 Å². The van der Waals surface area contributed by atoms with Crippen LogP contribution in [0.2, 0.25) is 0 Å². The molecular formula is C13H18N4O2. The molecule has 6 N–H and O–H groups in total. The number of nitrogen functional groups attached to an aromatic ring is 1. The van der Waals surface area contributed by atoms with Gasteiger partial charge in [-0.3, -0.25) is 9.59 Å². The first-order valence-corrected chi connectivity index (χ1v) is 6.29. The largest absolute Gasteiger partial charge is 0.396 e. The summed E-state index contributed by atoms with van der Waals surface area (Å²) in [5, 5.41) is 5.98. The zero-order valence-electron chi connectivity index (χ0n) is 10.6. The van der Waals surface area contributed by atoms with Crippen LogP contribution in [0.25, 0.3) is 0 Å². The maximum Gasteiger partial charge on any atom is 0.250 e. The fourth-order valence-corrected chi connectivity index (χ4v) is 2.21. The van der Waals surface area contributed by atoms with Gasteiger partial charge in [0.05, 0.1) is 16.9 Å². The van der Waals surface area contributed by atoms with E-state index in [9.17, 15) is 9.59 Å². The summed E-state index contributed by atoms with van der Waals surface area (Å²) in [5.41, 5.74) is 11.9. The molecular weight excluding hydrogens is 244 g/mol. The Bertz CT molecular complexity index is 495. The number of carbonyl (C=O) groups is 2. The second-order valence-electron chi connectivity index (χ2n) is 4.64. The Morgan fingerprint density at radius 2 is 1.95 bits per heavy atom. The number of primary amides is 1. The Labute approximate surface area is 111 Å². The van der Waals surface area contributed by atoms with Crippen molar-refractivity contribution < 1.29 is 9.59 Å². The van der Waals surface area contributed by atoms with Crippen LogP contribution in [0.4, 0.5) is 11.4 Å². The number of benzene rings is 1. The predicted octanol–water partition coefficient (Wildman–Crippen LogP) is 0.306. The van der Waals surface area contributed by atoms with Crippen LogP contribution in [0.5, 0.6) is 0 Å². The summed E-state index contributed by atoms with van der Waals surface area (Å²) in [4.78, 5) is 23.3. The van der Waals surface area contributed by atoms with Gasteiger partial charge in [-0.1, -0.05) is 6.07 Å². The molecule has 102 valence electrons. The van der Waals surface area contributed by atoms with Crippen LogP contribution < -0.4 is 22.1 Å². The van der Waals surface area contributed by atoms with E-state index in [2.05, 4.69) is 10.6 Å². The lowest BCUT2D eigenvalue weighted by Crippen LogP contribution is -2.34. The fourth-order valence-electron chi connectivity index (χ4n) is 2.21. The number of carbonyl (C=O) groups excluding carboxylic acids is 2. The Morgan fingerprint density at radius 3 is 2.58 bits per heavy atom. The van der Waals surface area contributed by atoms with Crippen molar-refractivity contribution in [2.75, 3.05) is 24.1 Å². The summed E-state index contributed by atoms with van der Waals surface area (Å²) in [6, 6.07) is 4.85. The molecule has 0 unspecified atom stereocenters. The van der Waals surface area contributed by atoms with Crippen molar-refractivity contribution in [2.45, 2.75) is 12.8 Å². The minimum atomic E-state index is -0.601. The van der Waals surface area contributed by atoms with E-state index in [0.29, 0.717) is 5.69 Å². The molecule has 0 spiro atoms. The molecule has 0 aromatic heterocycles. The Kier molecular flexibility index (Phi) is 4.01. The quantitative estimate of drug-likeness (QED) is 0.587. The van der Waals surface area contributed by atoms with Gasteiger partial charge in [0.15, 0.2) is 0 Å². The summed E-state index contributed by atoms with van der Waals surface area (Å²) in [6.45, 7) is 1.68. The molecule has 1 aromatic carbocycles. The maximum atomic E-state index is 12.1. The van der Waals surface area contributed by atoms with Crippen LogP contribution >= 0.6 is 0 Å². The first-order valence-electron chi connectivity index (χ1n) is 6.29. The second kappa shape index (κ2) is 5.71. The van der Waals surface area contributed by atoms with Gasteiger partial charge in [-0.15, -0.1) is 0 Å². The molecule has 0 atom stereocenters. The highest BCUT2D eigenvalue weighted by Gasteiger charge is 2.22. The van der Waals surface area contributed by atoms with Crippen molar-refractivity contribution in [3.8, 4) is 0 Å². The highest BCUT2D eigenvalue weighted by Crippen LogP contribution is 2.24. The van der Waals surface area contributed by atoms with Crippen molar-refractivity contribution in [3.63, 3.8) is 0 Å². The average molecular weight is 262 g/mol. The van der Waals surface area contributed by atoms with Crippen molar-refractivity contribution in [1.82, 2.24) is 5.32 Å². The van der Waals surface area contributed by atoms with Gasteiger partial charge in [0.1, 0.15) is 0 Å². The fraction of sp³-hybridized carbons (Fsp3) is 0.385. The smallest absolute Gasteiger partial charge is 0.250 e. The van der Waals surface area contributed by atoms with Gasteiger partial charge < -0.3 is 22.1 Å². The van der Waals surface area contributed by atoms with Crippen molar-refractivity contribution >= 4 is 23.2 Å². The third-order valence-electron chi connectivity index (χ3n) is 3.34. The normalized spacial score (nSPS) is 16.0. The van der Waals surface area contributed by atoms with Gasteiger partial charge in [-0.05, 0) is 38.1 Å². The first kappa shape index (κ1) is 13.4. The summed E-state index contributed by atoms with van der Waals surface area (Å²) >= 11 is 0. The lowest BCUT2D eigenvalue weighted by Gasteiger charge is -2.22. The maximum absolute atomic E-state index is 12.1. The molecule has 0 bridgehead atoms. The highest BCUT2D eigenvalue weighted by molar-refractivity contribution is 6.04. The van der Waals surface area contributed by atoms with E-state index in [-0.39, 0.29) is 23.1 Å². The Balaban J connectivity index is 2.12. The van der Waals surface area contributed by atoms with Crippen LogP contribution in [0.1, 0.15) is 23.2 Å². The van der Waals surface area contributed by atoms with Crippen LogP contribution in [0, 0.1) is 5.92 Å². The molecule has 0 aliphatic carbocycles. The van der Waals surface area contributed by atoms with Crippen molar-refractivity contribution in [1.29, 1.82) is 0 Å². The number of nitrogens with two attached hydrogens (primary N) is 2. The zero-order valence-corrected chi connectivity index (χ0v) is 10.6. The minimum Gasteiger partial charge on any atom is -0.396 e. The lowest BCUT2D eigenvalue weighted by molar-refractivity contribution is -0.120. The van der Waals surface area contributed by atoms with E-state index in [1.54, 1.807) is 12.1 Å². The SMILES string of the molecule is NC(=O)c1cccc(NC(=O)C2CCNCC2)c1N. The number of anilines is 2. The number of amides is 2. The third-order valence-corrected chi connectivity index (χ3v) is 3.34. The number of para-hydroxylation sites is 1. The minimum absolute atomic E-state index is 0.0158. The standard InChI is InChI=1S/C13H18N4O2/c14-11-9(12(15)18)2-1-3-10(11)17-13(19)8-4-6-16-7-5-8/h1-3,8,16H,4-7,14H2,(H2,15,18)(H,17,19). The third kappa shape index (κ3) is 3.03. The molecule has 0 radical (unpaired) electrons. The predicted molar refractivity (Wildman–Crippen MR) is 73.6 cm³/mol. The highest BCUT2D eigenvalue weighted by atomic mass is 16.2. The Morgan fingerprint density at radius 1 is 1.26 bits per heavy atom. The van der Waals surface area contributed by atoms with Crippen LogP contribution in [0.3, 0.4) is 0 Å².